The predicted molar refractivity (Wildman–Crippen MR) is 130 cm³/mol. The van der Waals surface area contributed by atoms with Crippen LogP contribution in [0.5, 0.6) is 0 Å². The molecule has 5 nitrogen and oxygen atoms in total. The topological polar surface area (TPSA) is 72.8 Å². The Bertz CT molecular complexity index is 858. The van der Waals surface area contributed by atoms with Gasteiger partial charge in [0, 0.05) is 0 Å². The van der Waals surface area contributed by atoms with Crippen LogP contribution in [-0.2, 0) is 18.8 Å². The molecule has 0 spiro atoms. The van der Waals surface area contributed by atoms with Crippen molar-refractivity contribution in [2.75, 3.05) is 0 Å². The van der Waals surface area contributed by atoms with Gasteiger partial charge in [-0.05, 0) is 43.1 Å². The second-order valence-electron chi connectivity index (χ2n) is 10.2. The van der Waals surface area contributed by atoms with Gasteiger partial charge < -0.3 is 14.3 Å². The molecule has 0 fully saturated rings. The summed E-state index contributed by atoms with van der Waals surface area (Å²) in [4.78, 5) is 24.6. The summed E-state index contributed by atoms with van der Waals surface area (Å²) in [5.74, 6) is -2.63. The largest absolute Gasteiger partial charge is 0.481 e. The first kappa shape index (κ1) is 25.8. The van der Waals surface area contributed by atoms with Crippen LogP contribution in [0.15, 0.2) is 60.7 Å². The van der Waals surface area contributed by atoms with E-state index >= 15 is 0 Å². The fourth-order valence-electron chi connectivity index (χ4n) is 4.07. The lowest BCUT2D eigenvalue weighted by molar-refractivity contribution is -0.161. The highest BCUT2D eigenvalue weighted by Gasteiger charge is 2.52. The van der Waals surface area contributed by atoms with Crippen molar-refractivity contribution >= 4 is 30.6 Å². The van der Waals surface area contributed by atoms with E-state index in [1.165, 1.54) is 0 Å². The molecule has 1 unspecified atom stereocenters. The molecule has 2 aromatic carbocycles. The van der Waals surface area contributed by atoms with Gasteiger partial charge in [-0.1, -0.05) is 81.4 Å². The summed E-state index contributed by atoms with van der Waals surface area (Å²) in [7, 11) is -2.93. The maximum atomic E-state index is 12.5. The predicted octanol–water partition coefficient (Wildman–Crippen LogP) is 4.38. The summed E-state index contributed by atoms with van der Waals surface area (Å²) in [5, 5.41) is 11.8. The zero-order chi connectivity index (χ0) is 24.2. The van der Waals surface area contributed by atoms with Crippen molar-refractivity contribution < 1.29 is 23.9 Å². The van der Waals surface area contributed by atoms with Gasteiger partial charge in [-0.15, -0.1) is 0 Å². The highest BCUT2D eigenvalue weighted by molar-refractivity contribution is 6.99. The Kier molecular flexibility index (Phi) is 8.07. The van der Waals surface area contributed by atoms with Gasteiger partial charge in [0.05, 0.1) is 18.4 Å². The number of hydrogen-bond donors (Lipinski definition) is 1. The number of hydrogen-bond acceptors (Lipinski definition) is 4. The third kappa shape index (κ3) is 6.08. The standard InChI is InChI=1S/C26H36O5Si/c1-19(22(24(28)29)18-23(27)30-25(2,3)4)31-32(26(5,6)7,20-14-10-8-11-15-20)21-16-12-9-13-17-21/h8-17,19,22H,18H2,1-7H3,(H,28,29)/t19?,22-/m0/s1. The number of aliphatic carboxylic acids is 1. The number of rotatable bonds is 8. The average molecular weight is 457 g/mol. The van der Waals surface area contributed by atoms with Crippen molar-refractivity contribution in [2.24, 2.45) is 5.92 Å². The van der Waals surface area contributed by atoms with Crippen LogP contribution in [0.3, 0.4) is 0 Å². The fraction of sp³-hybridized carbons (Fsp3) is 0.462. The van der Waals surface area contributed by atoms with E-state index in [9.17, 15) is 14.7 Å². The molecule has 0 aliphatic heterocycles. The van der Waals surface area contributed by atoms with Crippen LogP contribution < -0.4 is 10.4 Å². The van der Waals surface area contributed by atoms with E-state index in [1.807, 2.05) is 36.4 Å². The van der Waals surface area contributed by atoms with Gasteiger partial charge in [0.15, 0.2) is 0 Å². The lowest BCUT2D eigenvalue weighted by Crippen LogP contribution is -2.68. The van der Waals surface area contributed by atoms with Gasteiger partial charge in [-0.2, -0.15) is 0 Å². The molecule has 0 amide bonds. The first-order chi connectivity index (χ1) is 14.8. The minimum atomic E-state index is -2.93. The van der Waals surface area contributed by atoms with E-state index in [1.54, 1.807) is 27.7 Å². The lowest BCUT2D eigenvalue weighted by Gasteiger charge is -2.45. The lowest BCUT2D eigenvalue weighted by atomic mass is 10.00. The van der Waals surface area contributed by atoms with Crippen molar-refractivity contribution in [3.63, 3.8) is 0 Å². The maximum Gasteiger partial charge on any atom is 0.309 e. The van der Waals surface area contributed by atoms with E-state index in [-0.39, 0.29) is 11.5 Å². The SMILES string of the molecule is CC(O[Si](c1ccccc1)(c1ccccc1)C(C)(C)C)[C@H](CC(=O)OC(C)(C)C)C(=O)O. The first-order valence-corrected chi connectivity index (χ1v) is 12.9. The van der Waals surface area contributed by atoms with Gasteiger partial charge in [0.1, 0.15) is 5.60 Å². The minimum Gasteiger partial charge on any atom is -0.481 e. The van der Waals surface area contributed by atoms with E-state index in [0.717, 1.165) is 10.4 Å². The minimum absolute atomic E-state index is 0.244. The van der Waals surface area contributed by atoms with Gasteiger partial charge in [0.25, 0.3) is 8.32 Å². The van der Waals surface area contributed by atoms with Crippen LogP contribution in [0.25, 0.3) is 0 Å². The summed E-state index contributed by atoms with van der Waals surface area (Å²) >= 11 is 0. The fourth-order valence-corrected chi connectivity index (χ4v) is 8.81. The number of carbonyl (C=O) groups excluding carboxylic acids is 1. The normalized spacial score (nSPS) is 14.5. The van der Waals surface area contributed by atoms with Crippen molar-refractivity contribution in [2.45, 2.75) is 71.6 Å². The van der Waals surface area contributed by atoms with Crippen LogP contribution in [-0.4, -0.2) is 37.1 Å². The van der Waals surface area contributed by atoms with Crippen LogP contribution >= 0.6 is 0 Å². The molecule has 6 heteroatoms. The number of esters is 1. The molecular formula is C26H36O5Si. The molecule has 0 radical (unpaired) electrons. The second-order valence-corrected chi connectivity index (χ2v) is 14.5. The Balaban J connectivity index is 2.53. The molecule has 2 rings (SSSR count). The second kappa shape index (κ2) is 10.0. The molecule has 0 aliphatic rings. The Morgan fingerprint density at radius 1 is 0.875 bits per heavy atom. The molecule has 32 heavy (non-hydrogen) atoms. The van der Waals surface area contributed by atoms with Crippen molar-refractivity contribution in [1.29, 1.82) is 0 Å². The Morgan fingerprint density at radius 3 is 1.66 bits per heavy atom. The van der Waals surface area contributed by atoms with E-state index in [0.29, 0.717) is 0 Å². The van der Waals surface area contributed by atoms with Crippen molar-refractivity contribution in [1.82, 2.24) is 0 Å². The van der Waals surface area contributed by atoms with E-state index in [2.05, 4.69) is 45.0 Å². The summed E-state index contributed by atoms with van der Waals surface area (Å²) in [6.45, 7) is 13.5. The number of benzene rings is 2. The molecular weight excluding hydrogens is 420 g/mol. The Hall–Kier alpha value is -2.44. The number of carboxylic acids is 1. The van der Waals surface area contributed by atoms with Gasteiger partial charge in [0.2, 0.25) is 0 Å². The zero-order valence-corrected chi connectivity index (χ0v) is 21.2. The summed E-state index contributed by atoms with van der Waals surface area (Å²) < 4.78 is 12.3. The van der Waals surface area contributed by atoms with E-state index in [4.69, 9.17) is 9.16 Å². The molecule has 1 N–H and O–H groups in total. The molecule has 0 bridgehead atoms. The quantitative estimate of drug-likeness (QED) is 0.471. The Morgan fingerprint density at radius 2 is 1.31 bits per heavy atom. The number of ether oxygens (including phenoxy) is 1. The molecule has 2 atom stereocenters. The molecule has 2 aromatic rings. The number of carbonyl (C=O) groups is 2. The van der Waals surface area contributed by atoms with Crippen molar-refractivity contribution in [3.8, 4) is 0 Å². The summed E-state index contributed by atoms with van der Waals surface area (Å²) in [6, 6.07) is 20.1. The molecule has 0 saturated carbocycles. The average Bonchev–Trinajstić information content (AvgIpc) is 2.69. The number of carboxylic acid groups (broad SMARTS) is 1. The monoisotopic (exact) mass is 456 g/mol. The smallest absolute Gasteiger partial charge is 0.309 e. The third-order valence-electron chi connectivity index (χ3n) is 5.47. The van der Waals surface area contributed by atoms with E-state index < -0.39 is 37.9 Å². The van der Waals surface area contributed by atoms with Crippen LogP contribution in [0, 0.1) is 5.92 Å². The molecule has 0 aromatic heterocycles. The van der Waals surface area contributed by atoms with Crippen LogP contribution in [0.1, 0.15) is 54.9 Å². The summed E-state index contributed by atoms with van der Waals surface area (Å²) in [5.41, 5.74) is -0.678. The molecule has 0 saturated heterocycles. The van der Waals surface area contributed by atoms with Gasteiger partial charge in [-0.25, -0.2) is 0 Å². The van der Waals surface area contributed by atoms with Crippen LogP contribution in [0.4, 0.5) is 0 Å². The maximum absolute atomic E-state index is 12.5. The first-order valence-electron chi connectivity index (χ1n) is 11.0. The summed E-state index contributed by atoms with van der Waals surface area (Å²) in [6.07, 6.45) is -0.947. The third-order valence-corrected chi connectivity index (χ3v) is 10.6. The van der Waals surface area contributed by atoms with Crippen LogP contribution in [0.2, 0.25) is 5.04 Å². The zero-order valence-electron chi connectivity index (χ0n) is 20.2. The van der Waals surface area contributed by atoms with Gasteiger partial charge >= 0.3 is 11.9 Å². The highest BCUT2D eigenvalue weighted by Crippen LogP contribution is 2.38. The Labute approximate surface area is 192 Å². The highest BCUT2D eigenvalue weighted by atomic mass is 28.4. The molecule has 0 heterocycles. The van der Waals surface area contributed by atoms with Gasteiger partial charge in [-0.3, -0.25) is 9.59 Å². The molecule has 0 aliphatic carbocycles. The van der Waals surface area contributed by atoms with Crippen molar-refractivity contribution in [3.05, 3.63) is 60.7 Å². The molecule has 174 valence electrons.